The molecule has 14 rings (SSSR count). The van der Waals surface area contributed by atoms with Gasteiger partial charge in [0.2, 0.25) is 0 Å². The van der Waals surface area contributed by atoms with Gasteiger partial charge in [-0.05, 0) is 152 Å². The quantitative estimate of drug-likeness (QED) is 0.166. The van der Waals surface area contributed by atoms with Gasteiger partial charge >= 0.3 is 0 Å². The number of anilines is 3. The average molecular weight is 980 g/mol. The van der Waals surface area contributed by atoms with Crippen molar-refractivity contribution in [1.29, 1.82) is 0 Å². The molecule has 0 heterocycles. The van der Waals surface area contributed by atoms with Crippen molar-refractivity contribution in [3.05, 3.63) is 268 Å². The first kappa shape index (κ1) is 46.5. The average Bonchev–Trinajstić information content (AvgIpc) is 4.27. The van der Waals surface area contributed by atoms with Gasteiger partial charge in [0.1, 0.15) is 0 Å². The number of hydrogen-bond acceptors (Lipinski definition) is 1. The van der Waals surface area contributed by atoms with Crippen LogP contribution in [-0.4, -0.2) is 0 Å². The molecule has 76 heavy (non-hydrogen) atoms. The molecular formula is C75H65N. The van der Waals surface area contributed by atoms with Crippen molar-refractivity contribution in [3.8, 4) is 66.8 Å². The van der Waals surface area contributed by atoms with E-state index in [1.807, 2.05) is 0 Å². The minimum atomic E-state index is -0.541. The Kier molecular flexibility index (Phi) is 9.80. The monoisotopic (exact) mass is 980 g/mol. The first-order chi connectivity index (χ1) is 36.5. The zero-order valence-corrected chi connectivity index (χ0v) is 45.7. The zero-order chi connectivity index (χ0) is 52.3. The topological polar surface area (TPSA) is 3.24 Å². The van der Waals surface area contributed by atoms with Crippen molar-refractivity contribution in [2.45, 2.75) is 96.3 Å². The molecule has 0 aliphatic heterocycles. The third kappa shape index (κ3) is 6.38. The Morgan fingerprint density at radius 2 is 0.711 bits per heavy atom. The van der Waals surface area contributed by atoms with Crippen LogP contribution in [0.3, 0.4) is 0 Å². The highest BCUT2D eigenvalue weighted by atomic mass is 15.1. The van der Waals surface area contributed by atoms with Gasteiger partial charge < -0.3 is 4.90 Å². The predicted octanol–water partition coefficient (Wildman–Crippen LogP) is 20.0. The Morgan fingerprint density at radius 1 is 0.289 bits per heavy atom. The van der Waals surface area contributed by atoms with E-state index in [0.29, 0.717) is 0 Å². The smallest absolute Gasteiger partial charge is 0.0726 e. The molecule has 10 aromatic rings. The van der Waals surface area contributed by atoms with Gasteiger partial charge in [0, 0.05) is 27.6 Å². The summed E-state index contributed by atoms with van der Waals surface area (Å²) in [4.78, 5) is 2.60. The van der Waals surface area contributed by atoms with Crippen LogP contribution in [-0.2, 0) is 27.1 Å². The van der Waals surface area contributed by atoms with Crippen LogP contribution in [0.15, 0.2) is 212 Å². The van der Waals surface area contributed by atoms with E-state index in [1.165, 1.54) is 122 Å². The van der Waals surface area contributed by atoms with Crippen molar-refractivity contribution in [1.82, 2.24) is 0 Å². The summed E-state index contributed by atoms with van der Waals surface area (Å²) in [6, 6.07) is 82.1. The van der Waals surface area contributed by atoms with Gasteiger partial charge in [-0.15, -0.1) is 0 Å². The molecule has 1 spiro atoms. The Hall–Kier alpha value is -8.00. The molecule has 0 fully saturated rings. The van der Waals surface area contributed by atoms with Crippen molar-refractivity contribution >= 4 is 17.1 Å². The van der Waals surface area contributed by atoms with E-state index in [0.717, 1.165) is 17.1 Å². The lowest BCUT2D eigenvalue weighted by Gasteiger charge is -2.34. The fourth-order valence-electron chi connectivity index (χ4n) is 14.4. The summed E-state index contributed by atoms with van der Waals surface area (Å²) < 4.78 is 0. The predicted molar refractivity (Wildman–Crippen MR) is 321 cm³/mol. The molecule has 0 N–H and O–H groups in total. The van der Waals surface area contributed by atoms with Crippen LogP contribution in [0.4, 0.5) is 17.1 Å². The number of para-hydroxylation sites is 2. The second-order valence-electron chi connectivity index (χ2n) is 25.2. The molecule has 0 amide bonds. The van der Waals surface area contributed by atoms with Gasteiger partial charge in [-0.2, -0.15) is 0 Å². The maximum atomic E-state index is 2.60. The van der Waals surface area contributed by atoms with E-state index in [1.54, 1.807) is 0 Å². The van der Waals surface area contributed by atoms with Gasteiger partial charge in [0.15, 0.2) is 0 Å². The van der Waals surface area contributed by atoms with Crippen LogP contribution >= 0.6 is 0 Å². The third-order valence-electron chi connectivity index (χ3n) is 18.2. The summed E-state index contributed by atoms with van der Waals surface area (Å²) in [6.07, 6.45) is 0. The molecule has 0 unspecified atom stereocenters. The lowest BCUT2D eigenvalue weighted by Crippen LogP contribution is -2.26. The molecule has 0 radical (unpaired) electrons. The lowest BCUT2D eigenvalue weighted by molar-refractivity contribution is 0.589. The summed E-state index contributed by atoms with van der Waals surface area (Å²) >= 11 is 0. The molecule has 1 nitrogen and oxygen atoms in total. The molecule has 0 bridgehead atoms. The molecule has 1 heteroatoms. The normalized spacial score (nSPS) is 15.3. The van der Waals surface area contributed by atoms with Crippen LogP contribution in [0, 0.1) is 0 Å². The maximum absolute atomic E-state index is 2.60. The van der Waals surface area contributed by atoms with Crippen LogP contribution in [0.25, 0.3) is 66.8 Å². The van der Waals surface area contributed by atoms with E-state index in [9.17, 15) is 0 Å². The van der Waals surface area contributed by atoms with Crippen LogP contribution < -0.4 is 4.90 Å². The fourth-order valence-corrected chi connectivity index (χ4v) is 14.4. The van der Waals surface area contributed by atoms with E-state index in [-0.39, 0.29) is 21.7 Å². The SMILES string of the molecule is CC(C)(C)c1ccc2c(c1)-c1cc(C(C)(C)C)ccc1C21c2ccccc2-c2ccc(N(c3ccccc3-c3ccc4c(c3)C(C)(C)c3ccccc3-4)c3ccccc3-c3cccc4c3C(C)(C)c3ccccc3-4)cc21. The van der Waals surface area contributed by atoms with Crippen molar-refractivity contribution in [2.75, 3.05) is 4.90 Å². The highest BCUT2D eigenvalue weighted by Crippen LogP contribution is 2.65. The molecular weight excluding hydrogens is 915 g/mol. The second kappa shape index (κ2) is 16.0. The minimum absolute atomic E-state index is 0.0119. The summed E-state index contributed by atoms with van der Waals surface area (Å²) in [5.41, 5.74) is 31.6. The number of hydrogen-bond donors (Lipinski definition) is 0. The molecule has 4 aliphatic rings. The summed E-state index contributed by atoms with van der Waals surface area (Å²) in [6.45, 7) is 23.7. The Labute approximate surface area is 450 Å². The van der Waals surface area contributed by atoms with E-state index in [2.05, 4.69) is 286 Å². The molecule has 0 saturated heterocycles. The Bertz CT molecular complexity index is 4020. The van der Waals surface area contributed by atoms with Crippen LogP contribution in [0.1, 0.15) is 125 Å². The van der Waals surface area contributed by atoms with Crippen molar-refractivity contribution in [2.24, 2.45) is 0 Å². The third-order valence-corrected chi connectivity index (χ3v) is 18.2. The standard InChI is InChI=1S/C75H65N/c1-71(2,3)47-35-40-64-59(43-47)60-44-48(72(4,5)6)36-41-65(60)75(64)63-31-18-13-24-52(63)55-39-37-49(45-67(55)75)76(68-32-19-14-22-50(68)46-34-38-54-51-23-11-16-29-61(51)73(7,8)66(54)42-46)69-33-20-15-26-56(69)58-28-21-27-57-53-25-12-17-30-62(53)74(9,10)70(57)58/h11-45H,1-10H3. The van der Waals surface area contributed by atoms with Gasteiger partial charge in [-0.1, -0.05) is 251 Å². The highest BCUT2D eigenvalue weighted by molar-refractivity contribution is 6.01. The maximum Gasteiger partial charge on any atom is 0.0726 e. The Balaban J connectivity index is 1.05. The van der Waals surface area contributed by atoms with E-state index in [4.69, 9.17) is 0 Å². The van der Waals surface area contributed by atoms with Gasteiger partial charge in [-0.3, -0.25) is 0 Å². The van der Waals surface area contributed by atoms with E-state index < -0.39 is 5.41 Å². The van der Waals surface area contributed by atoms with E-state index >= 15 is 0 Å². The van der Waals surface area contributed by atoms with Crippen LogP contribution in [0.2, 0.25) is 0 Å². The van der Waals surface area contributed by atoms with Crippen molar-refractivity contribution in [3.63, 3.8) is 0 Å². The molecule has 0 saturated carbocycles. The summed E-state index contributed by atoms with van der Waals surface area (Å²) in [5.74, 6) is 0. The minimum Gasteiger partial charge on any atom is -0.309 e. The van der Waals surface area contributed by atoms with Gasteiger partial charge in [0.05, 0.1) is 16.8 Å². The molecule has 10 aromatic carbocycles. The molecule has 0 aromatic heterocycles. The van der Waals surface area contributed by atoms with Crippen molar-refractivity contribution < 1.29 is 0 Å². The van der Waals surface area contributed by atoms with Crippen LogP contribution in [0.5, 0.6) is 0 Å². The molecule has 4 aliphatic carbocycles. The summed E-state index contributed by atoms with van der Waals surface area (Å²) in [5, 5.41) is 0. The number of fused-ring (bicyclic) bond motifs is 16. The fraction of sp³-hybridized carbons (Fsp3) is 0.200. The summed E-state index contributed by atoms with van der Waals surface area (Å²) in [7, 11) is 0. The first-order valence-electron chi connectivity index (χ1n) is 27.5. The van der Waals surface area contributed by atoms with Gasteiger partial charge in [0.25, 0.3) is 0 Å². The highest BCUT2D eigenvalue weighted by Gasteiger charge is 2.52. The first-order valence-corrected chi connectivity index (χ1v) is 27.5. The Morgan fingerprint density at radius 3 is 1.32 bits per heavy atom. The zero-order valence-electron chi connectivity index (χ0n) is 45.7. The van der Waals surface area contributed by atoms with Gasteiger partial charge in [-0.25, -0.2) is 0 Å². The second-order valence-corrected chi connectivity index (χ2v) is 25.2. The molecule has 0 atom stereocenters. The lowest BCUT2D eigenvalue weighted by atomic mass is 9.70. The largest absolute Gasteiger partial charge is 0.309 e. The molecule has 370 valence electrons. The number of benzene rings is 10. The number of rotatable bonds is 5. The number of nitrogens with zero attached hydrogens (tertiary/aromatic N) is 1.